The van der Waals surface area contributed by atoms with Crippen molar-refractivity contribution in [3.8, 4) is 0 Å². The lowest BCUT2D eigenvalue weighted by molar-refractivity contribution is -0.134. The lowest BCUT2D eigenvalue weighted by Crippen LogP contribution is -2.56. The molecule has 2 N–H and O–H groups in total. The van der Waals surface area contributed by atoms with Gasteiger partial charge in [0.25, 0.3) is 0 Å². The first kappa shape index (κ1) is 22.2. The Balaban J connectivity index is 1.65. The molecule has 2 amide bonds. The number of nitrogens with one attached hydrogen (secondary N) is 2. The zero-order valence-electron chi connectivity index (χ0n) is 17.5. The highest BCUT2D eigenvalue weighted by Gasteiger charge is 2.32. The van der Waals surface area contributed by atoms with Crippen LogP contribution in [-0.2, 0) is 29.2 Å². The molecule has 1 unspecified atom stereocenters. The first-order chi connectivity index (χ1) is 14.3. The van der Waals surface area contributed by atoms with Crippen molar-refractivity contribution in [2.24, 2.45) is 0 Å². The van der Waals surface area contributed by atoms with Crippen LogP contribution in [0.2, 0.25) is 5.02 Å². The third-order valence-corrected chi connectivity index (χ3v) is 5.85. The van der Waals surface area contributed by atoms with Crippen LogP contribution in [0.3, 0.4) is 0 Å². The van der Waals surface area contributed by atoms with Gasteiger partial charge in [-0.3, -0.25) is 19.2 Å². The van der Waals surface area contributed by atoms with Crippen molar-refractivity contribution in [2.75, 3.05) is 13.1 Å². The van der Waals surface area contributed by atoms with Gasteiger partial charge in [0, 0.05) is 49.0 Å². The third kappa shape index (κ3) is 4.99. The van der Waals surface area contributed by atoms with Crippen molar-refractivity contribution in [3.63, 3.8) is 0 Å². The van der Waals surface area contributed by atoms with Crippen LogP contribution in [0.25, 0.3) is 0 Å². The molecular formula is C21H27ClFN5O2. The van der Waals surface area contributed by atoms with Crippen LogP contribution in [0, 0.1) is 19.7 Å². The van der Waals surface area contributed by atoms with E-state index in [-0.39, 0.29) is 18.2 Å². The number of nitrogens with zero attached hydrogens (tertiary/aromatic N) is 3. The van der Waals surface area contributed by atoms with E-state index in [4.69, 9.17) is 11.6 Å². The molecule has 0 radical (unpaired) electrons. The lowest BCUT2D eigenvalue weighted by atomic mass is 10.1. The summed E-state index contributed by atoms with van der Waals surface area (Å²) in [6, 6.07) is 3.59. The molecule has 3 rings (SSSR count). The van der Waals surface area contributed by atoms with Crippen LogP contribution < -0.4 is 10.6 Å². The molecule has 1 aliphatic rings. The first-order valence-electron chi connectivity index (χ1n) is 10.1. The monoisotopic (exact) mass is 435 g/mol. The Labute approximate surface area is 180 Å². The maximum atomic E-state index is 13.3. The fourth-order valence-corrected chi connectivity index (χ4v) is 4.00. The van der Waals surface area contributed by atoms with E-state index in [0.717, 1.165) is 29.1 Å². The number of amides is 2. The second-order valence-corrected chi connectivity index (χ2v) is 7.87. The van der Waals surface area contributed by atoms with E-state index in [1.54, 1.807) is 6.07 Å². The Morgan fingerprint density at radius 1 is 1.40 bits per heavy atom. The molecule has 9 heteroatoms. The Bertz CT molecular complexity index is 946. The zero-order chi connectivity index (χ0) is 21.8. The zero-order valence-corrected chi connectivity index (χ0v) is 18.2. The number of benzene rings is 1. The summed E-state index contributed by atoms with van der Waals surface area (Å²) in [7, 11) is 0. The summed E-state index contributed by atoms with van der Waals surface area (Å²) < 4.78 is 15.2. The smallest absolute Gasteiger partial charge is 0.237 e. The quantitative estimate of drug-likeness (QED) is 0.699. The molecule has 1 saturated heterocycles. The maximum Gasteiger partial charge on any atom is 0.237 e. The minimum Gasteiger partial charge on any atom is -0.353 e. The summed E-state index contributed by atoms with van der Waals surface area (Å²) in [4.78, 5) is 27.0. The molecule has 2 aromatic rings. The molecule has 30 heavy (non-hydrogen) atoms. The van der Waals surface area contributed by atoms with Crippen molar-refractivity contribution in [3.05, 3.63) is 51.6 Å². The van der Waals surface area contributed by atoms with Crippen molar-refractivity contribution in [1.82, 2.24) is 25.3 Å². The van der Waals surface area contributed by atoms with E-state index in [9.17, 15) is 14.0 Å². The van der Waals surface area contributed by atoms with Crippen LogP contribution in [0.1, 0.15) is 35.9 Å². The molecule has 0 saturated carbocycles. The Kier molecular flexibility index (Phi) is 7.10. The minimum absolute atomic E-state index is 0.0324. The largest absolute Gasteiger partial charge is 0.353 e. The topological polar surface area (TPSA) is 79.3 Å². The number of halogens is 2. The predicted octanol–water partition coefficient (Wildman–Crippen LogP) is 2.32. The SMILES string of the molecule is CCn1nc(C)c(CNC(=O)CC2C(=O)NCCN2Cc2ccc(F)cc2Cl)c1C. The molecule has 2 heterocycles. The van der Waals surface area contributed by atoms with E-state index < -0.39 is 11.9 Å². The van der Waals surface area contributed by atoms with E-state index in [0.29, 0.717) is 31.2 Å². The minimum atomic E-state index is -0.611. The van der Waals surface area contributed by atoms with Crippen LogP contribution in [0.5, 0.6) is 0 Å². The number of piperazine rings is 1. The summed E-state index contributed by atoms with van der Waals surface area (Å²) in [6.45, 7) is 8.50. The predicted molar refractivity (Wildman–Crippen MR) is 112 cm³/mol. The standard InChI is InChI=1S/C21H27ClFN5O2/c1-4-28-14(3)17(13(2)26-28)11-25-20(29)10-19-21(30)24-7-8-27(19)12-15-5-6-16(23)9-18(15)22/h5-6,9,19H,4,7-8,10-12H2,1-3H3,(H,24,30)(H,25,29). The molecule has 0 spiro atoms. The highest BCUT2D eigenvalue weighted by atomic mass is 35.5. The molecule has 1 atom stereocenters. The molecule has 7 nitrogen and oxygen atoms in total. The van der Waals surface area contributed by atoms with Gasteiger partial charge in [0.2, 0.25) is 11.8 Å². The van der Waals surface area contributed by atoms with Gasteiger partial charge in [0.15, 0.2) is 0 Å². The normalized spacial score (nSPS) is 17.1. The fourth-order valence-electron chi connectivity index (χ4n) is 3.77. The molecule has 1 aromatic heterocycles. The van der Waals surface area contributed by atoms with Gasteiger partial charge in [-0.15, -0.1) is 0 Å². The lowest BCUT2D eigenvalue weighted by Gasteiger charge is -2.34. The van der Waals surface area contributed by atoms with E-state index in [1.807, 2.05) is 30.4 Å². The van der Waals surface area contributed by atoms with E-state index in [1.165, 1.54) is 12.1 Å². The Hall–Kier alpha value is -2.45. The van der Waals surface area contributed by atoms with Gasteiger partial charge < -0.3 is 10.6 Å². The second kappa shape index (κ2) is 9.57. The van der Waals surface area contributed by atoms with Crippen molar-refractivity contribution >= 4 is 23.4 Å². The molecule has 162 valence electrons. The summed E-state index contributed by atoms with van der Waals surface area (Å²) in [5, 5.41) is 10.5. The van der Waals surface area contributed by atoms with E-state index >= 15 is 0 Å². The van der Waals surface area contributed by atoms with Crippen LogP contribution >= 0.6 is 11.6 Å². The van der Waals surface area contributed by atoms with Crippen molar-refractivity contribution in [1.29, 1.82) is 0 Å². The third-order valence-electron chi connectivity index (χ3n) is 5.50. The number of carbonyl (C=O) groups is 2. The number of aromatic nitrogens is 2. The van der Waals surface area contributed by atoms with Gasteiger partial charge in [0.05, 0.1) is 18.2 Å². The maximum absolute atomic E-state index is 13.3. The average Bonchev–Trinajstić information content (AvgIpc) is 2.98. The van der Waals surface area contributed by atoms with Crippen LogP contribution in [0.15, 0.2) is 18.2 Å². The average molecular weight is 436 g/mol. The summed E-state index contributed by atoms with van der Waals surface area (Å²) in [5.74, 6) is -0.816. The van der Waals surface area contributed by atoms with Gasteiger partial charge in [-0.1, -0.05) is 17.7 Å². The number of hydrogen-bond donors (Lipinski definition) is 2. The molecule has 1 aromatic carbocycles. The molecule has 0 bridgehead atoms. The highest BCUT2D eigenvalue weighted by Crippen LogP contribution is 2.22. The summed E-state index contributed by atoms with van der Waals surface area (Å²) in [5.41, 5.74) is 3.63. The Morgan fingerprint density at radius 2 is 2.17 bits per heavy atom. The summed E-state index contributed by atoms with van der Waals surface area (Å²) in [6.07, 6.45) is 0.0324. The highest BCUT2D eigenvalue weighted by molar-refractivity contribution is 6.31. The molecular weight excluding hydrogens is 409 g/mol. The number of rotatable bonds is 7. The van der Waals surface area contributed by atoms with Gasteiger partial charge in [-0.05, 0) is 38.5 Å². The fraction of sp³-hybridized carbons (Fsp3) is 0.476. The molecule has 1 aliphatic heterocycles. The van der Waals surface area contributed by atoms with Crippen LogP contribution in [-0.4, -0.2) is 45.6 Å². The van der Waals surface area contributed by atoms with Gasteiger partial charge in [-0.2, -0.15) is 5.10 Å². The summed E-state index contributed by atoms with van der Waals surface area (Å²) >= 11 is 6.15. The number of carbonyl (C=O) groups excluding carboxylic acids is 2. The molecule has 0 aliphatic carbocycles. The first-order valence-corrected chi connectivity index (χ1v) is 10.4. The van der Waals surface area contributed by atoms with Crippen molar-refractivity contribution in [2.45, 2.75) is 52.9 Å². The number of aryl methyl sites for hydroxylation is 2. The Morgan fingerprint density at radius 3 is 2.83 bits per heavy atom. The van der Waals surface area contributed by atoms with Crippen LogP contribution in [0.4, 0.5) is 4.39 Å². The number of hydrogen-bond acceptors (Lipinski definition) is 4. The van der Waals surface area contributed by atoms with Gasteiger partial charge in [-0.25, -0.2) is 4.39 Å². The van der Waals surface area contributed by atoms with E-state index in [2.05, 4.69) is 15.7 Å². The molecule has 1 fully saturated rings. The second-order valence-electron chi connectivity index (χ2n) is 7.46. The van der Waals surface area contributed by atoms with Gasteiger partial charge >= 0.3 is 0 Å². The van der Waals surface area contributed by atoms with Crippen molar-refractivity contribution < 1.29 is 14.0 Å². The van der Waals surface area contributed by atoms with Gasteiger partial charge in [0.1, 0.15) is 5.82 Å².